The van der Waals surface area contributed by atoms with Gasteiger partial charge in [0.25, 0.3) is 0 Å². The third-order valence-electron chi connectivity index (χ3n) is 5.78. The molecule has 4 amide bonds. The number of urea groups is 1. The predicted octanol–water partition coefficient (Wildman–Crippen LogP) is -0.111. The molecule has 9 nitrogen and oxygen atoms in total. The number of aliphatic hydroxyl groups excluding tert-OH is 1. The van der Waals surface area contributed by atoms with E-state index < -0.39 is 29.6 Å². The quantitative estimate of drug-likeness (QED) is 0.504. The number of likely N-dealkylation sites (tertiary alicyclic amines) is 2. The van der Waals surface area contributed by atoms with Crippen LogP contribution in [0.5, 0.6) is 0 Å². The average Bonchev–Trinajstić information content (AvgIpc) is 3.18. The van der Waals surface area contributed by atoms with Crippen LogP contribution in [0, 0.1) is 5.41 Å². The van der Waals surface area contributed by atoms with Crippen molar-refractivity contribution in [3.05, 3.63) is 0 Å². The molecule has 0 aromatic heterocycles. The van der Waals surface area contributed by atoms with Crippen LogP contribution in [0.1, 0.15) is 48.0 Å². The molecule has 4 N–H and O–H groups in total. The average molecular weight is 412 g/mol. The highest BCUT2D eigenvalue weighted by molar-refractivity contribution is 5.90. The van der Waals surface area contributed by atoms with Gasteiger partial charge in [-0.05, 0) is 39.7 Å². The number of aliphatic hydroxyl groups is 1. The Morgan fingerprint density at radius 3 is 2.21 bits per heavy atom. The summed E-state index contributed by atoms with van der Waals surface area (Å²) in [6.07, 6.45) is -0.201. The number of fused-ring (bicyclic) bond motifs is 1. The van der Waals surface area contributed by atoms with Crippen LogP contribution in [0.15, 0.2) is 0 Å². The molecule has 0 unspecified atom stereocenters. The highest BCUT2D eigenvalue weighted by atomic mass is 16.3. The van der Waals surface area contributed by atoms with Gasteiger partial charge in [0.05, 0.1) is 30.8 Å². The summed E-state index contributed by atoms with van der Waals surface area (Å²) < 4.78 is 0. The lowest BCUT2D eigenvalue weighted by molar-refractivity contribution is -0.141. The largest absolute Gasteiger partial charge is 0.389 e. The molecule has 0 aromatic rings. The lowest BCUT2D eigenvalue weighted by Crippen LogP contribution is -2.59. The number of rotatable bonds is 5. The summed E-state index contributed by atoms with van der Waals surface area (Å²) in [5, 5.41) is 19.3. The molecule has 0 radical (unpaired) electrons. The zero-order chi connectivity index (χ0) is 22.1. The van der Waals surface area contributed by atoms with Crippen molar-refractivity contribution in [2.24, 2.45) is 5.41 Å². The van der Waals surface area contributed by atoms with Crippen molar-refractivity contribution in [3.8, 4) is 0 Å². The SMILES string of the molecule is CN[C@@H](C)C(=O)N[C@H](C(=O)N1CC[C@@H]2[C@H]1[C@@H](O)CN2C(=O)NC(C)C)C(C)(C)C. The van der Waals surface area contributed by atoms with Crippen molar-refractivity contribution in [2.45, 2.75) is 84.3 Å². The third kappa shape index (κ3) is 5.01. The van der Waals surface area contributed by atoms with Crippen LogP contribution >= 0.6 is 0 Å². The summed E-state index contributed by atoms with van der Waals surface area (Å²) in [7, 11) is 1.69. The van der Waals surface area contributed by atoms with Crippen LogP contribution in [0.3, 0.4) is 0 Å². The van der Waals surface area contributed by atoms with Crippen molar-refractivity contribution < 1.29 is 19.5 Å². The summed E-state index contributed by atoms with van der Waals surface area (Å²) in [5.74, 6) is -0.465. The summed E-state index contributed by atoms with van der Waals surface area (Å²) in [5.41, 5.74) is -0.503. The molecule has 0 aromatic carbocycles. The molecule has 0 saturated carbocycles. The van der Waals surface area contributed by atoms with Crippen LogP contribution in [-0.4, -0.2) is 89.2 Å². The lowest BCUT2D eigenvalue weighted by Gasteiger charge is -2.36. The Morgan fingerprint density at radius 1 is 1.07 bits per heavy atom. The number of likely N-dealkylation sites (N-methyl/N-ethyl adjacent to an activating group) is 1. The number of hydrogen-bond acceptors (Lipinski definition) is 5. The fraction of sp³-hybridized carbons (Fsp3) is 0.850. The van der Waals surface area contributed by atoms with Crippen LogP contribution in [0.4, 0.5) is 4.79 Å². The van der Waals surface area contributed by atoms with E-state index in [0.717, 1.165) is 0 Å². The maximum Gasteiger partial charge on any atom is 0.318 e. The van der Waals surface area contributed by atoms with Crippen LogP contribution in [0.25, 0.3) is 0 Å². The summed E-state index contributed by atoms with van der Waals surface area (Å²) in [6, 6.07) is -2.05. The zero-order valence-corrected chi connectivity index (χ0v) is 18.7. The minimum Gasteiger partial charge on any atom is -0.389 e. The highest BCUT2D eigenvalue weighted by Crippen LogP contribution is 2.34. The first-order chi connectivity index (χ1) is 13.4. The van der Waals surface area contributed by atoms with Gasteiger partial charge in [-0.1, -0.05) is 20.8 Å². The molecule has 2 fully saturated rings. The van der Waals surface area contributed by atoms with Gasteiger partial charge in [0, 0.05) is 12.6 Å². The first-order valence-corrected chi connectivity index (χ1v) is 10.4. The van der Waals surface area contributed by atoms with E-state index in [1.165, 1.54) is 0 Å². The molecule has 0 aliphatic carbocycles. The minimum absolute atomic E-state index is 0.00696. The van der Waals surface area contributed by atoms with E-state index in [1.807, 2.05) is 34.6 Å². The number of nitrogens with one attached hydrogen (secondary N) is 3. The fourth-order valence-corrected chi connectivity index (χ4v) is 4.08. The van der Waals surface area contributed by atoms with E-state index in [2.05, 4.69) is 16.0 Å². The molecule has 166 valence electrons. The Morgan fingerprint density at radius 2 is 1.69 bits per heavy atom. The predicted molar refractivity (Wildman–Crippen MR) is 110 cm³/mol. The van der Waals surface area contributed by atoms with Crippen LogP contribution in [-0.2, 0) is 9.59 Å². The van der Waals surface area contributed by atoms with E-state index in [0.29, 0.717) is 13.0 Å². The molecule has 2 aliphatic rings. The van der Waals surface area contributed by atoms with Gasteiger partial charge in [0.1, 0.15) is 6.04 Å². The van der Waals surface area contributed by atoms with Crippen molar-refractivity contribution in [2.75, 3.05) is 20.1 Å². The Bertz CT molecular complexity index is 633. The van der Waals surface area contributed by atoms with Crippen LogP contribution in [0.2, 0.25) is 0 Å². The van der Waals surface area contributed by atoms with Crippen LogP contribution < -0.4 is 16.0 Å². The van der Waals surface area contributed by atoms with Gasteiger partial charge in [-0.25, -0.2) is 4.79 Å². The number of amides is 4. The van der Waals surface area contributed by atoms with Gasteiger partial charge in [0.2, 0.25) is 11.8 Å². The number of β-amino-alcohol motifs (C(OH)–C–C–N with tert-alkyl or cyclic N) is 1. The van der Waals surface area contributed by atoms with E-state index in [-0.39, 0.29) is 36.5 Å². The van der Waals surface area contributed by atoms with E-state index in [1.54, 1.807) is 23.8 Å². The van der Waals surface area contributed by atoms with Gasteiger partial charge < -0.3 is 30.9 Å². The van der Waals surface area contributed by atoms with Crippen molar-refractivity contribution in [1.29, 1.82) is 0 Å². The summed E-state index contributed by atoms with van der Waals surface area (Å²) in [6.45, 7) is 11.9. The van der Waals surface area contributed by atoms with E-state index in [4.69, 9.17) is 0 Å². The Balaban J connectivity index is 2.19. The molecule has 0 bridgehead atoms. The monoisotopic (exact) mass is 411 g/mol. The Kier molecular flexibility index (Phi) is 7.16. The second-order valence-corrected chi connectivity index (χ2v) is 9.52. The molecule has 2 heterocycles. The zero-order valence-electron chi connectivity index (χ0n) is 18.7. The standard InChI is InChI=1S/C20H37N5O4/c1-11(2)22-19(29)25-10-14(26)15-13(25)8-9-24(15)18(28)16(20(4,5)6)23-17(27)12(3)21-7/h11-16,21,26H,8-10H2,1-7H3,(H,22,29)(H,23,27)/t12-,13+,14-,15-,16+/m0/s1. The molecule has 2 saturated heterocycles. The summed E-state index contributed by atoms with van der Waals surface area (Å²) in [4.78, 5) is 41.7. The van der Waals surface area contributed by atoms with Gasteiger partial charge >= 0.3 is 6.03 Å². The van der Waals surface area contributed by atoms with Gasteiger partial charge in [-0.15, -0.1) is 0 Å². The smallest absolute Gasteiger partial charge is 0.318 e. The number of nitrogens with zero attached hydrogens (tertiary/aromatic N) is 2. The lowest BCUT2D eigenvalue weighted by atomic mass is 9.85. The molecule has 2 aliphatic heterocycles. The second kappa shape index (κ2) is 8.87. The first-order valence-electron chi connectivity index (χ1n) is 10.4. The molecule has 0 spiro atoms. The maximum atomic E-state index is 13.4. The molecular formula is C20H37N5O4. The fourth-order valence-electron chi connectivity index (χ4n) is 4.08. The second-order valence-electron chi connectivity index (χ2n) is 9.52. The number of hydrogen-bond donors (Lipinski definition) is 4. The van der Waals surface area contributed by atoms with Gasteiger partial charge in [0.15, 0.2) is 0 Å². The van der Waals surface area contributed by atoms with Crippen molar-refractivity contribution in [3.63, 3.8) is 0 Å². The normalized spacial score (nSPS) is 26.3. The van der Waals surface area contributed by atoms with E-state index >= 15 is 0 Å². The van der Waals surface area contributed by atoms with Gasteiger partial charge in [-0.3, -0.25) is 9.59 Å². The summed E-state index contributed by atoms with van der Waals surface area (Å²) >= 11 is 0. The molecule has 9 heteroatoms. The molecule has 29 heavy (non-hydrogen) atoms. The molecule has 5 atom stereocenters. The minimum atomic E-state index is -0.808. The number of carbonyl (C=O) groups excluding carboxylic acids is 3. The third-order valence-corrected chi connectivity index (χ3v) is 5.78. The van der Waals surface area contributed by atoms with Gasteiger partial charge in [-0.2, -0.15) is 0 Å². The van der Waals surface area contributed by atoms with Crippen molar-refractivity contribution in [1.82, 2.24) is 25.8 Å². The Labute approximate surface area is 173 Å². The maximum absolute atomic E-state index is 13.4. The molecule has 2 rings (SSSR count). The van der Waals surface area contributed by atoms with Crippen molar-refractivity contribution >= 4 is 17.8 Å². The highest BCUT2D eigenvalue weighted by Gasteiger charge is 2.53. The topological polar surface area (TPSA) is 114 Å². The molecular weight excluding hydrogens is 374 g/mol. The first kappa shape index (κ1) is 23.4. The van der Waals surface area contributed by atoms with E-state index in [9.17, 15) is 19.5 Å². The Hall–Kier alpha value is -1.87. The number of carbonyl (C=O) groups is 3.